The van der Waals surface area contributed by atoms with Crippen LogP contribution in [0.5, 0.6) is 11.5 Å². The molecule has 1 N–H and O–H groups in total. The van der Waals surface area contributed by atoms with Crippen molar-refractivity contribution in [3.63, 3.8) is 0 Å². The molecule has 0 radical (unpaired) electrons. The first-order chi connectivity index (χ1) is 16.0. The molecule has 0 bridgehead atoms. The van der Waals surface area contributed by atoms with Crippen LogP contribution in [0, 0.1) is 5.82 Å². The van der Waals surface area contributed by atoms with Crippen molar-refractivity contribution < 1.29 is 26.7 Å². The summed E-state index contributed by atoms with van der Waals surface area (Å²) in [5, 5.41) is 2.74. The first-order valence-electron chi connectivity index (χ1n) is 10.2. The monoisotopic (exact) mass is 466 g/mol. The summed E-state index contributed by atoms with van der Waals surface area (Å²) in [6.07, 6.45) is 0. The fourth-order valence-electron chi connectivity index (χ4n) is 3.39. The highest BCUT2D eigenvalue weighted by atomic mass is 32.2. The predicted molar refractivity (Wildman–Crippen MR) is 119 cm³/mol. The topological polar surface area (TPSA) is 90.7 Å². The third-order valence-corrected chi connectivity index (χ3v) is 6.72. The van der Waals surface area contributed by atoms with Crippen LogP contribution in [0.4, 0.5) is 10.3 Å². The summed E-state index contributed by atoms with van der Waals surface area (Å²) < 4.78 is 57.1. The summed E-state index contributed by atoms with van der Waals surface area (Å²) in [5.41, 5.74) is 1.38. The molecule has 0 aliphatic carbocycles. The van der Waals surface area contributed by atoms with E-state index >= 15 is 0 Å². The normalized spacial score (nSPS) is 13.0. The van der Waals surface area contributed by atoms with E-state index in [1.54, 1.807) is 42.5 Å². The van der Waals surface area contributed by atoms with E-state index in [4.69, 9.17) is 13.9 Å². The van der Waals surface area contributed by atoms with Crippen LogP contribution in [0.3, 0.4) is 0 Å². The Balaban J connectivity index is 1.54. The Morgan fingerprint density at radius 3 is 2.39 bits per heavy atom. The van der Waals surface area contributed by atoms with Gasteiger partial charge in [-0.15, -0.1) is 0 Å². The van der Waals surface area contributed by atoms with Gasteiger partial charge in [-0.25, -0.2) is 12.8 Å². The molecule has 168 valence electrons. The average molecular weight is 466 g/mol. The Morgan fingerprint density at radius 2 is 1.64 bits per heavy atom. The van der Waals surface area contributed by atoms with E-state index in [0.29, 0.717) is 30.3 Å². The van der Waals surface area contributed by atoms with Crippen LogP contribution in [0.15, 0.2) is 87.1 Å². The maximum atomic E-state index is 13.5. The van der Waals surface area contributed by atoms with Crippen molar-refractivity contribution in [2.24, 2.45) is 0 Å². The van der Waals surface area contributed by atoms with E-state index < -0.39 is 9.84 Å². The Morgan fingerprint density at radius 1 is 0.909 bits per heavy atom. The molecule has 9 heteroatoms. The highest BCUT2D eigenvalue weighted by Crippen LogP contribution is 2.37. The van der Waals surface area contributed by atoms with Gasteiger partial charge in [0.15, 0.2) is 11.5 Å². The van der Waals surface area contributed by atoms with Gasteiger partial charge in [-0.2, -0.15) is 4.98 Å². The summed E-state index contributed by atoms with van der Waals surface area (Å²) in [4.78, 5) is 4.32. The summed E-state index contributed by atoms with van der Waals surface area (Å²) in [7, 11) is -4.06. The number of hydrogen-bond acceptors (Lipinski definition) is 7. The summed E-state index contributed by atoms with van der Waals surface area (Å²) in [6, 6.07) is 19.3. The molecule has 0 saturated carbocycles. The lowest BCUT2D eigenvalue weighted by atomic mass is 10.2. The number of ether oxygens (including phenoxy) is 2. The zero-order valence-electron chi connectivity index (χ0n) is 17.3. The molecule has 7 nitrogen and oxygen atoms in total. The van der Waals surface area contributed by atoms with Gasteiger partial charge in [-0.1, -0.05) is 30.3 Å². The summed E-state index contributed by atoms with van der Waals surface area (Å²) >= 11 is 0. The number of benzene rings is 3. The molecule has 0 saturated heterocycles. The van der Waals surface area contributed by atoms with Crippen LogP contribution in [-0.2, 0) is 16.4 Å². The van der Waals surface area contributed by atoms with E-state index in [1.165, 1.54) is 24.3 Å². The van der Waals surface area contributed by atoms with Crippen molar-refractivity contribution in [1.82, 2.24) is 4.98 Å². The summed E-state index contributed by atoms with van der Waals surface area (Å²) in [6.45, 7) is 0.955. The van der Waals surface area contributed by atoms with Crippen molar-refractivity contribution in [2.75, 3.05) is 18.5 Å². The second-order valence-electron chi connectivity index (χ2n) is 7.31. The lowest BCUT2D eigenvalue weighted by Crippen LogP contribution is -2.16. The van der Waals surface area contributed by atoms with Crippen LogP contribution in [-0.4, -0.2) is 26.6 Å². The fourth-order valence-corrected chi connectivity index (χ4v) is 4.68. The van der Waals surface area contributed by atoms with Crippen molar-refractivity contribution >= 4 is 15.7 Å². The first kappa shape index (κ1) is 21.0. The number of rotatable bonds is 6. The minimum atomic E-state index is -4.06. The number of aromatic nitrogens is 1. The molecule has 0 unspecified atom stereocenters. The molecular formula is C24H19FN2O5S. The van der Waals surface area contributed by atoms with Crippen molar-refractivity contribution in [2.45, 2.75) is 16.5 Å². The van der Waals surface area contributed by atoms with E-state index in [9.17, 15) is 12.8 Å². The molecule has 4 aromatic rings. The van der Waals surface area contributed by atoms with Crippen molar-refractivity contribution in [1.29, 1.82) is 0 Å². The predicted octanol–water partition coefficient (Wildman–Crippen LogP) is 4.70. The summed E-state index contributed by atoms with van der Waals surface area (Å²) in [5.74, 6) is 0.642. The number of nitrogens with zero attached hydrogens (tertiary/aromatic N) is 1. The third-order valence-electron chi connectivity index (χ3n) is 5.06. The standard InChI is InChI=1S/C24H19FN2O5S/c25-18-8-6-16(7-9-18)15-26-23-24(27-22(32-23)17-4-2-1-3-5-17)33(28,29)19-10-11-20-21(14-19)31-13-12-30-20/h1-11,14,26H,12-13,15H2. The molecule has 0 fully saturated rings. The van der Waals surface area contributed by atoms with E-state index in [0.717, 1.165) is 5.56 Å². The van der Waals surface area contributed by atoms with Gasteiger partial charge in [0.25, 0.3) is 0 Å². The molecule has 0 amide bonds. The fraction of sp³-hybridized carbons (Fsp3) is 0.125. The molecule has 1 aliphatic rings. The van der Waals surface area contributed by atoms with Gasteiger partial charge >= 0.3 is 0 Å². The van der Waals surface area contributed by atoms with Gasteiger partial charge in [0.1, 0.15) is 19.0 Å². The number of fused-ring (bicyclic) bond motifs is 1. The van der Waals surface area contributed by atoms with Crippen molar-refractivity contribution in [3.05, 3.63) is 84.2 Å². The quantitative estimate of drug-likeness (QED) is 0.441. The molecule has 1 aromatic heterocycles. The number of oxazole rings is 1. The number of anilines is 1. The molecule has 3 aromatic carbocycles. The van der Waals surface area contributed by atoms with Crippen LogP contribution in [0.25, 0.3) is 11.5 Å². The highest BCUT2D eigenvalue weighted by Gasteiger charge is 2.30. The zero-order valence-corrected chi connectivity index (χ0v) is 18.1. The lowest BCUT2D eigenvalue weighted by Gasteiger charge is -2.18. The van der Waals surface area contributed by atoms with Crippen LogP contribution in [0.2, 0.25) is 0 Å². The lowest BCUT2D eigenvalue weighted by molar-refractivity contribution is 0.171. The van der Waals surface area contributed by atoms with Crippen LogP contribution < -0.4 is 14.8 Å². The molecule has 5 rings (SSSR count). The zero-order chi connectivity index (χ0) is 22.8. The number of nitrogens with one attached hydrogen (secondary N) is 1. The second-order valence-corrected chi connectivity index (χ2v) is 9.17. The van der Waals surface area contributed by atoms with Gasteiger partial charge in [-0.3, -0.25) is 0 Å². The molecule has 2 heterocycles. The van der Waals surface area contributed by atoms with Gasteiger partial charge in [-0.05, 0) is 42.0 Å². The molecule has 0 spiro atoms. The van der Waals surface area contributed by atoms with Gasteiger partial charge in [0, 0.05) is 18.2 Å². The minimum absolute atomic E-state index is 0.00416. The minimum Gasteiger partial charge on any atom is -0.486 e. The van der Waals surface area contributed by atoms with E-state index in [-0.39, 0.29) is 34.1 Å². The average Bonchev–Trinajstić information content (AvgIpc) is 3.29. The van der Waals surface area contributed by atoms with Gasteiger partial charge < -0.3 is 19.2 Å². The van der Waals surface area contributed by atoms with E-state index in [1.807, 2.05) is 6.07 Å². The maximum absolute atomic E-state index is 13.5. The number of halogens is 1. The van der Waals surface area contributed by atoms with Gasteiger partial charge in [0.05, 0.1) is 4.90 Å². The molecule has 1 aliphatic heterocycles. The Bertz CT molecular complexity index is 1390. The second kappa shape index (κ2) is 8.59. The van der Waals surface area contributed by atoms with Crippen LogP contribution >= 0.6 is 0 Å². The highest BCUT2D eigenvalue weighted by molar-refractivity contribution is 7.91. The molecule has 33 heavy (non-hydrogen) atoms. The SMILES string of the molecule is O=S(=O)(c1ccc2c(c1)OCCO2)c1nc(-c2ccccc2)oc1NCc1ccc(F)cc1. The van der Waals surface area contributed by atoms with Crippen LogP contribution in [0.1, 0.15) is 5.56 Å². The Kier molecular flexibility index (Phi) is 5.47. The molecule has 0 atom stereocenters. The number of hydrogen-bond donors (Lipinski definition) is 1. The Hall–Kier alpha value is -3.85. The number of sulfone groups is 1. The molecular weight excluding hydrogens is 447 g/mol. The Labute approximate surface area is 189 Å². The first-order valence-corrected chi connectivity index (χ1v) is 11.7. The van der Waals surface area contributed by atoms with Gasteiger partial charge in [0.2, 0.25) is 26.6 Å². The van der Waals surface area contributed by atoms with E-state index in [2.05, 4.69) is 10.3 Å². The smallest absolute Gasteiger partial charge is 0.234 e. The van der Waals surface area contributed by atoms with Crippen molar-refractivity contribution in [3.8, 4) is 23.0 Å². The maximum Gasteiger partial charge on any atom is 0.234 e. The third kappa shape index (κ3) is 4.27. The largest absolute Gasteiger partial charge is 0.486 e.